The molecule has 2 N–H and O–H groups in total. The third kappa shape index (κ3) is 2.38. The highest BCUT2D eigenvalue weighted by molar-refractivity contribution is 5.80. The Balaban J connectivity index is 1.72. The fourth-order valence-corrected chi connectivity index (χ4v) is 2.41. The van der Waals surface area contributed by atoms with Crippen LogP contribution in [0.5, 0.6) is 0 Å². The number of aromatic amines is 1. The molecular weight excluding hydrogens is 238 g/mol. The third-order valence-corrected chi connectivity index (χ3v) is 3.56. The Hall–Kier alpha value is -2.10. The number of amides is 1. The molecule has 1 unspecified atom stereocenters. The number of rotatable bonds is 3. The van der Waals surface area contributed by atoms with Gasteiger partial charge < -0.3 is 10.3 Å². The third-order valence-electron chi connectivity index (χ3n) is 3.56. The molecule has 1 amide bonds. The molecule has 2 aromatic rings. The number of benzene rings is 1. The molecule has 4 nitrogen and oxygen atoms in total. The molecule has 19 heavy (non-hydrogen) atoms. The highest BCUT2D eigenvalue weighted by Crippen LogP contribution is 2.20. The molecule has 0 bridgehead atoms. The van der Waals surface area contributed by atoms with Crippen LogP contribution in [0.1, 0.15) is 31.6 Å². The van der Waals surface area contributed by atoms with Gasteiger partial charge in [0.1, 0.15) is 5.82 Å². The van der Waals surface area contributed by atoms with E-state index in [0.29, 0.717) is 0 Å². The maximum absolute atomic E-state index is 12.1. The van der Waals surface area contributed by atoms with Crippen molar-refractivity contribution in [3.05, 3.63) is 42.2 Å². The van der Waals surface area contributed by atoms with Gasteiger partial charge in [-0.2, -0.15) is 0 Å². The number of nitrogens with zero attached hydrogens (tertiary/aromatic N) is 1. The van der Waals surface area contributed by atoms with E-state index in [1.54, 1.807) is 0 Å². The van der Waals surface area contributed by atoms with Crippen molar-refractivity contribution in [2.75, 3.05) is 0 Å². The number of imidazole rings is 1. The molecule has 0 saturated carbocycles. The number of allylic oxidation sites excluding steroid dienone is 2. The first-order valence-corrected chi connectivity index (χ1v) is 6.64. The Kier molecular flexibility index (Phi) is 3.07. The molecule has 1 aromatic heterocycles. The summed E-state index contributed by atoms with van der Waals surface area (Å²) in [6.45, 7) is 1.96. The fraction of sp³-hybridized carbons (Fsp3) is 0.333. The lowest BCUT2D eigenvalue weighted by Crippen LogP contribution is -2.32. The Morgan fingerprint density at radius 2 is 2.11 bits per heavy atom. The molecule has 98 valence electrons. The molecule has 0 aliphatic heterocycles. The predicted octanol–water partition coefficient (Wildman–Crippen LogP) is 2.71. The van der Waals surface area contributed by atoms with E-state index in [4.69, 9.17) is 0 Å². The van der Waals surface area contributed by atoms with Gasteiger partial charge in [-0.1, -0.05) is 24.3 Å². The number of carbonyl (C=O) groups excluding carboxylic acids is 1. The summed E-state index contributed by atoms with van der Waals surface area (Å²) in [5.74, 6) is 1.00. The Bertz CT molecular complexity index is 588. The summed E-state index contributed by atoms with van der Waals surface area (Å²) < 4.78 is 0. The minimum atomic E-state index is -0.0968. The lowest BCUT2D eigenvalue weighted by atomic mass is 10.1. The van der Waals surface area contributed by atoms with Gasteiger partial charge in [0.2, 0.25) is 5.91 Å². The average Bonchev–Trinajstić information content (AvgIpc) is 3.07. The molecule has 0 spiro atoms. The second-order valence-electron chi connectivity index (χ2n) is 5.01. The number of aromatic nitrogens is 2. The summed E-state index contributed by atoms with van der Waals surface area (Å²) in [6.07, 6.45) is 5.82. The molecule has 0 radical (unpaired) electrons. The van der Waals surface area contributed by atoms with Crippen molar-refractivity contribution in [3.63, 3.8) is 0 Å². The van der Waals surface area contributed by atoms with Gasteiger partial charge in [-0.15, -0.1) is 0 Å². The molecular formula is C15H17N3O. The zero-order valence-corrected chi connectivity index (χ0v) is 10.9. The Morgan fingerprint density at radius 3 is 2.84 bits per heavy atom. The minimum absolute atomic E-state index is 0.0897. The van der Waals surface area contributed by atoms with E-state index >= 15 is 0 Å². The van der Waals surface area contributed by atoms with Gasteiger partial charge in [0.15, 0.2) is 0 Å². The number of nitrogens with one attached hydrogen (secondary N) is 2. The van der Waals surface area contributed by atoms with E-state index in [2.05, 4.69) is 27.4 Å². The van der Waals surface area contributed by atoms with Gasteiger partial charge in [-0.3, -0.25) is 4.79 Å². The summed E-state index contributed by atoms with van der Waals surface area (Å²) in [5, 5.41) is 3.03. The number of fused-ring (bicyclic) bond motifs is 1. The number of H-pyrrole nitrogens is 1. The molecule has 4 heteroatoms. The maximum Gasteiger partial charge on any atom is 0.224 e. The summed E-state index contributed by atoms with van der Waals surface area (Å²) in [4.78, 5) is 19.8. The van der Waals surface area contributed by atoms with Crippen molar-refractivity contribution < 1.29 is 4.79 Å². The molecule has 1 aliphatic rings. The summed E-state index contributed by atoms with van der Waals surface area (Å²) in [7, 11) is 0. The maximum atomic E-state index is 12.1. The first kappa shape index (κ1) is 12.0. The number of para-hydroxylation sites is 2. The molecule has 3 rings (SSSR count). The van der Waals surface area contributed by atoms with Crippen LogP contribution in [0.15, 0.2) is 36.4 Å². The first-order valence-electron chi connectivity index (χ1n) is 6.64. The summed E-state index contributed by atoms with van der Waals surface area (Å²) in [5.41, 5.74) is 1.93. The molecule has 0 saturated heterocycles. The normalized spacial score (nSPS) is 16.9. The van der Waals surface area contributed by atoms with Crippen molar-refractivity contribution in [1.29, 1.82) is 0 Å². The van der Waals surface area contributed by atoms with Gasteiger partial charge in [0.25, 0.3) is 0 Å². The Labute approximate surface area is 111 Å². The van der Waals surface area contributed by atoms with Crippen molar-refractivity contribution in [2.45, 2.75) is 25.8 Å². The molecule has 1 heterocycles. The number of hydrogen-bond donors (Lipinski definition) is 2. The standard InChI is InChI=1S/C15H17N3O/c1-10(16-15(19)11-6-2-3-7-11)14-17-12-8-4-5-9-13(12)18-14/h2-5,8-11H,6-7H2,1H3,(H,16,19)(H,17,18). The number of hydrogen-bond acceptors (Lipinski definition) is 2. The zero-order chi connectivity index (χ0) is 13.2. The molecule has 1 atom stereocenters. The second kappa shape index (κ2) is 4.88. The van der Waals surface area contributed by atoms with Crippen LogP contribution >= 0.6 is 0 Å². The van der Waals surface area contributed by atoms with E-state index < -0.39 is 0 Å². The largest absolute Gasteiger partial charge is 0.346 e. The van der Waals surface area contributed by atoms with Crippen LogP contribution < -0.4 is 5.32 Å². The topological polar surface area (TPSA) is 57.8 Å². The van der Waals surface area contributed by atoms with E-state index in [1.165, 1.54) is 0 Å². The highest BCUT2D eigenvalue weighted by Gasteiger charge is 2.22. The van der Waals surface area contributed by atoms with Crippen LogP contribution in [0.4, 0.5) is 0 Å². The van der Waals surface area contributed by atoms with Gasteiger partial charge in [-0.25, -0.2) is 4.98 Å². The van der Waals surface area contributed by atoms with E-state index in [1.807, 2.05) is 31.2 Å². The molecule has 0 fully saturated rings. The van der Waals surface area contributed by atoms with E-state index in [-0.39, 0.29) is 17.9 Å². The van der Waals surface area contributed by atoms with Gasteiger partial charge in [-0.05, 0) is 31.9 Å². The molecule has 1 aliphatic carbocycles. The second-order valence-corrected chi connectivity index (χ2v) is 5.01. The van der Waals surface area contributed by atoms with Crippen molar-refractivity contribution in [3.8, 4) is 0 Å². The molecule has 1 aromatic carbocycles. The number of carbonyl (C=O) groups is 1. The van der Waals surface area contributed by atoms with Crippen LogP contribution in [0.2, 0.25) is 0 Å². The van der Waals surface area contributed by atoms with Crippen LogP contribution in [-0.4, -0.2) is 15.9 Å². The van der Waals surface area contributed by atoms with Crippen molar-refractivity contribution >= 4 is 16.9 Å². The first-order chi connectivity index (χ1) is 9.24. The summed E-state index contributed by atoms with van der Waals surface area (Å²) >= 11 is 0. The smallest absolute Gasteiger partial charge is 0.224 e. The van der Waals surface area contributed by atoms with E-state index in [0.717, 1.165) is 29.7 Å². The lowest BCUT2D eigenvalue weighted by Gasteiger charge is -2.15. The quantitative estimate of drug-likeness (QED) is 0.828. The average molecular weight is 255 g/mol. The highest BCUT2D eigenvalue weighted by atomic mass is 16.1. The summed E-state index contributed by atoms with van der Waals surface area (Å²) in [6, 6.07) is 7.78. The van der Waals surface area contributed by atoms with Crippen LogP contribution in [0.3, 0.4) is 0 Å². The predicted molar refractivity (Wildman–Crippen MR) is 74.5 cm³/mol. The Morgan fingerprint density at radius 1 is 1.37 bits per heavy atom. The van der Waals surface area contributed by atoms with E-state index in [9.17, 15) is 4.79 Å². The fourth-order valence-electron chi connectivity index (χ4n) is 2.41. The minimum Gasteiger partial charge on any atom is -0.346 e. The SMILES string of the molecule is CC(NC(=O)C1CC=CC1)c1nc2ccccc2[nH]1. The van der Waals surface area contributed by atoms with Crippen LogP contribution in [0.25, 0.3) is 11.0 Å². The van der Waals surface area contributed by atoms with Crippen LogP contribution in [0, 0.1) is 5.92 Å². The van der Waals surface area contributed by atoms with Crippen molar-refractivity contribution in [2.24, 2.45) is 5.92 Å². The van der Waals surface area contributed by atoms with Gasteiger partial charge >= 0.3 is 0 Å². The van der Waals surface area contributed by atoms with Crippen molar-refractivity contribution in [1.82, 2.24) is 15.3 Å². The van der Waals surface area contributed by atoms with Gasteiger partial charge in [0.05, 0.1) is 17.1 Å². The van der Waals surface area contributed by atoms with Crippen LogP contribution in [-0.2, 0) is 4.79 Å². The zero-order valence-electron chi connectivity index (χ0n) is 10.9. The lowest BCUT2D eigenvalue weighted by molar-refractivity contribution is -0.125. The van der Waals surface area contributed by atoms with Gasteiger partial charge in [0, 0.05) is 5.92 Å². The monoisotopic (exact) mass is 255 g/mol.